The van der Waals surface area contributed by atoms with Crippen LogP contribution in [0.4, 0.5) is 0 Å². The third-order valence-corrected chi connectivity index (χ3v) is 2.50. The molecule has 2 N–H and O–H groups in total. The van der Waals surface area contributed by atoms with E-state index in [1.54, 1.807) is 18.3 Å². The number of imidazole rings is 1. The third kappa shape index (κ3) is 1.57. The summed E-state index contributed by atoms with van der Waals surface area (Å²) in [5.41, 5.74) is 1.69. The lowest BCUT2D eigenvalue weighted by Gasteiger charge is -1.96. The number of hydrogen-bond donors (Lipinski definition) is 2. The molecule has 5 nitrogen and oxygen atoms in total. The molecule has 0 radical (unpaired) electrons. The summed E-state index contributed by atoms with van der Waals surface area (Å²) in [6.07, 6.45) is 4.76. The molecular weight excluding hydrogens is 220 g/mol. The first-order valence-electron chi connectivity index (χ1n) is 5.00. The molecule has 3 rings (SSSR count). The maximum Gasteiger partial charge on any atom is 0.344 e. The zero-order valence-corrected chi connectivity index (χ0v) is 8.68. The molecule has 0 saturated heterocycles. The van der Waals surface area contributed by atoms with E-state index in [9.17, 15) is 9.90 Å². The van der Waals surface area contributed by atoms with Gasteiger partial charge in [-0.05, 0) is 24.3 Å². The highest BCUT2D eigenvalue weighted by Crippen LogP contribution is 2.37. The first-order chi connectivity index (χ1) is 8.24. The SMILES string of the molecule is O=C1Oc2ccc(O)cc2C1=Cc1cnc[nH]1. The van der Waals surface area contributed by atoms with Crippen LogP contribution in [-0.4, -0.2) is 21.0 Å². The predicted octanol–water partition coefficient (Wildman–Crippen LogP) is 1.57. The average molecular weight is 228 g/mol. The molecule has 2 aromatic rings. The molecule has 5 heteroatoms. The van der Waals surface area contributed by atoms with E-state index in [0.29, 0.717) is 22.6 Å². The maximum atomic E-state index is 11.7. The summed E-state index contributed by atoms with van der Waals surface area (Å²) in [6, 6.07) is 4.55. The Kier molecular flexibility index (Phi) is 1.98. The van der Waals surface area contributed by atoms with E-state index >= 15 is 0 Å². The molecule has 1 aliphatic heterocycles. The van der Waals surface area contributed by atoms with E-state index in [4.69, 9.17) is 4.74 Å². The van der Waals surface area contributed by atoms with Crippen LogP contribution in [0.25, 0.3) is 11.6 Å². The molecule has 17 heavy (non-hydrogen) atoms. The van der Waals surface area contributed by atoms with Gasteiger partial charge in [-0.2, -0.15) is 0 Å². The first kappa shape index (κ1) is 9.65. The number of phenolic OH excluding ortho intramolecular Hbond substituents is 1. The molecule has 0 bridgehead atoms. The number of H-pyrrole nitrogens is 1. The van der Waals surface area contributed by atoms with E-state index in [1.165, 1.54) is 18.5 Å². The fourth-order valence-corrected chi connectivity index (χ4v) is 1.72. The number of carbonyl (C=O) groups is 1. The van der Waals surface area contributed by atoms with E-state index in [-0.39, 0.29) is 5.75 Å². The van der Waals surface area contributed by atoms with Gasteiger partial charge in [0.05, 0.1) is 23.8 Å². The topological polar surface area (TPSA) is 75.2 Å². The van der Waals surface area contributed by atoms with Crippen LogP contribution < -0.4 is 4.74 Å². The second-order valence-electron chi connectivity index (χ2n) is 3.63. The molecule has 1 aromatic carbocycles. The maximum absolute atomic E-state index is 11.7. The van der Waals surface area contributed by atoms with Gasteiger partial charge in [0.25, 0.3) is 0 Å². The second-order valence-corrected chi connectivity index (χ2v) is 3.63. The minimum absolute atomic E-state index is 0.0950. The predicted molar refractivity (Wildman–Crippen MR) is 60.2 cm³/mol. The molecule has 0 saturated carbocycles. The highest BCUT2D eigenvalue weighted by atomic mass is 16.5. The smallest absolute Gasteiger partial charge is 0.344 e. The van der Waals surface area contributed by atoms with Crippen molar-refractivity contribution in [1.82, 2.24) is 9.97 Å². The van der Waals surface area contributed by atoms with E-state index in [2.05, 4.69) is 9.97 Å². The van der Waals surface area contributed by atoms with Gasteiger partial charge in [-0.25, -0.2) is 9.78 Å². The number of aromatic amines is 1. The quantitative estimate of drug-likeness (QED) is 0.441. The summed E-state index contributed by atoms with van der Waals surface area (Å²) in [7, 11) is 0. The Morgan fingerprint density at radius 1 is 1.41 bits per heavy atom. The number of nitrogens with one attached hydrogen (secondary N) is 1. The van der Waals surface area contributed by atoms with Crippen LogP contribution in [0, 0.1) is 0 Å². The number of aromatic hydroxyl groups is 1. The lowest BCUT2D eigenvalue weighted by molar-refractivity contribution is -0.126. The van der Waals surface area contributed by atoms with Crippen molar-refractivity contribution in [1.29, 1.82) is 0 Å². The molecule has 84 valence electrons. The molecule has 0 amide bonds. The van der Waals surface area contributed by atoms with E-state index < -0.39 is 5.97 Å². The molecule has 0 atom stereocenters. The number of benzene rings is 1. The van der Waals surface area contributed by atoms with Crippen molar-refractivity contribution < 1.29 is 14.6 Å². The Morgan fingerprint density at radius 3 is 3.06 bits per heavy atom. The van der Waals surface area contributed by atoms with E-state index in [1.807, 2.05) is 0 Å². The van der Waals surface area contributed by atoms with Crippen molar-refractivity contribution in [2.45, 2.75) is 0 Å². The summed E-state index contributed by atoms with van der Waals surface area (Å²) in [4.78, 5) is 18.4. The van der Waals surface area contributed by atoms with Gasteiger partial charge in [0.2, 0.25) is 0 Å². The van der Waals surface area contributed by atoms with Crippen molar-refractivity contribution in [3.63, 3.8) is 0 Å². The Bertz CT molecular complexity index is 615. The van der Waals surface area contributed by atoms with Gasteiger partial charge in [-0.3, -0.25) is 0 Å². The van der Waals surface area contributed by atoms with Crippen LogP contribution in [-0.2, 0) is 4.79 Å². The Balaban J connectivity index is 2.13. The zero-order chi connectivity index (χ0) is 11.8. The average Bonchev–Trinajstić information content (AvgIpc) is 2.90. The van der Waals surface area contributed by atoms with Crippen LogP contribution in [0.1, 0.15) is 11.3 Å². The number of carbonyl (C=O) groups excluding carboxylic acids is 1. The number of ether oxygens (including phenoxy) is 1. The number of hydrogen-bond acceptors (Lipinski definition) is 4. The molecule has 0 aliphatic carbocycles. The summed E-state index contributed by atoms with van der Waals surface area (Å²) < 4.78 is 5.07. The summed E-state index contributed by atoms with van der Waals surface area (Å²) >= 11 is 0. The molecule has 2 heterocycles. The Labute approximate surface area is 96.4 Å². The van der Waals surface area contributed by atoms with Crippen LogP contribution in [0.5, 0.6) is 11.5 Å². The molecule has 1 aromatic heterocycles. The normalized spacial score (nSPS) is 16.0. The second kappa shape index (κ2) is 3.48. The van der Waals surface area contributed by atoms with Crippen molar-refractivity contribution >= 4 is 17.6 Å². The summed E-state index contributed by atoms with van der Waals surface area (Å²) in [5, 5.41) is 9.41. The van der Waals surface area contributed by atoms with Gasteiger partial charge in [-0.1, -0.05) is 0 Å². The van der Waals surface area contributed by atoms with Crippen LogP contribution in [0.2, 0.25) is 0 Å². The largest absolute Gasteiger partial charge is 0.508 e. The van der Waals surface area contributed by atoms with Gasteiger partial charge >= 0.3 is 5.97 Å². The standard InChI is InChI=1S/C12H8N2O3/c15-8-1-2-11-9(4-8)10(12(16)17-11)3-7-5-13-6-14-7/h1-6,15H,(H,13,14). The summed E-state index contributed by atoms with van der Waals surface area (Å²) in [6.45, 7) is 0. The zero-order valence-electron chi connectivity index (χ0n) is 8.68. The monoisotopic (exact) mass is 228 g/mol. The van der Waals surface area contributed by atoms with Crippen molar-refractivity contribution in [3.8, 4) is 11.5 Å². The lowest BCUT2D eigenvalue weighted by Crippen LogP contribution is -2.00. The van der Waals surface area contributed by atoms with Crippen molar-refractivity contribution in [2.24, 2.45) is 0 Å². The minimum Gasteiger partial charge on any atom is -0.508 e. The van der Waals surface area contributed by atoms with Crippen LogP contribution >= 0.6 is 0 Å². The third-order valence-electron chi connectivity index (χ3n) is 2.50. The Morgan fingerprint density at radius 2 is 2.29 bits per heavy atom. The van der Waals surface area contributed by atoms with Gasteiger partial charge in [0.15, 0.2) is 0 Å². The first-order valence-corrected chi connectivity index (χ1v) is 5.00. The molecule has 0 fully saturated rings. The van der Waals surface area contributed by atoms with Gasteiger partial charge in [-0.15, -0.1) is 0 Å². The summed E-state index contributed by atoms with van der Waals surface area (Å²) in [5.74, 6) is 0.122. The minimum atomic E-state index is -0.430. The van der Waals surface area contributed by atoms with Gasteiger partial charge in [0, 0.05) is 5.56 Å². The number of esters is 1. The lowest BCUT2D eigenvalue weighted by atomic mass is 10.1. The van der Waals surface area contributed by atoms with Crippen molar-refractivity contribution in [2.75, 3.05) is 0 Å². The van der Waals surface area contributed by atoms with Crippen molar-refractivity contribution in [3.05, 3.63) is 42.0 Å². The number of rotatable bonds is 1. The Hall–Kier alpha value is -2.56. The van der Waals surface area contributed by atoms with Crippen LogP contribution in [0.3, 0.4) is 0 Å². The fourth-order valence-electron chi connectivity index (χ4n) is 1.72. The molecule has 0 unspecified atom stereocenters. The van der Waals surface area contributed by atoms with Crippen LogP contribution in [0.15, 0.2) is 30.7 Å². The highest BCUT2D eigenvalue weighted by molar-refractivity contribution is 6.25. The van der Waals surface area contributed by atoms with Gasteiger partial charge in [0.1, 0.15) is 11.5 Å². The fraction of sp³-hybridized carbons (Fsp3) is 0. The highest BCUT2D eigenvalue weighted by Gasteiger charge is 2.27. The molecule has 1 aliphatic rings. The van der Waals surface area contributed by atoms with Gasteiger partial charge < -0.3 is 14.8 Å². The number of fused-ring (bicyclic) bond motifs is 1. The number of nitrogens with zero attached hydrogens (tertiary/aromatic N) is 1. The molecular formula is C12H8N2O3. The number of phenols is 1. The number of aromatic nitrogens is 2. The molecule has 0 spiro atoms. The van der Waals surface area contributed by atoms with E-state index in [0.717, 1.165) is 0 Å².